The zero-order chi connectivity index (χ0) is 14.8. The molecule has 1 N–H and O–H groups in total. The van der Waals surface area contributed by atoms with Gasteiger partial charge in [0.15, 0.2) is 0 Å². The van der Waals surface area contributed by atoms with Crippen molar-refractivity contribution < 1.29 is 4.74 Å². The van der Waals surface area contributed by atoms with Crippen molar-refractivity contribution in [2.45, 2.75) is 31.8 Å². The number of benzene rings is 2. The van der Waals surface area contributed by atoms with Gasteiger partial charge in [-0.15, -0.1) is 0 Å². The van der Waals surface area contributed by atoms with Crippen LogP contribution in [0.5, 0.6) is 5.75 Å². The van der Waals surface area contributed by atoms with E-state index in [0.717, 1.165) is 18.6 Å². The molecule has 0 bridgehead atoms. The summed E-state index contributed by atoms with van der Waals surface area (Å²) in [5, 5.41) is 3.75. The van der Waals surface area contributed by atoms with Crippen LogP contribution in [0.15, 0.2) is 46.9 Å². The van der Waals surface area contributed by atoms with Crippen LogP contribution in [0.25, 0.3) is 0 Å². The Morgan fingerprint density at radius 2 is 2.05 bits per heavy atom. The molecule has 0 radical (unpaired) electrons. The lowest BCUT2D eigenvalue weighted by atomic mass is 10.0. The van der Waals surface area contributed by atoms with Gasteiger partial charge in [0.25, 0.3) is 0 Å². The molecule has 3 rings (SSSR count). The van der Waals surface area contributed by atoms with Crippen LogP contribution in [-0.4, -0.2) is 7.11 Å². The van der Waals surface area contributed by atoms with Gasteiger partial charge in [0.1, 0.15) is 5.75 Å². The predicted octanol–water partition coefficient (Wildman–Crippen LogP) is 4.80. The Kier molecular flexibility index (Phi) is 4.32. The second-order valence-corrected chi connectivity index (χ2v) is 6.42. The number of nitrogens with one attached hydrogen (secondary N) is 1. The van der Waals surface area contributed by atoms with Gasteiger partial charge < -0.3 is 10.1 Å². The maximum Gasteiger partial charge on any atom is 0.119 e. The first-order valence-electron chi connectivity index (χ1n) is 7.36. The monoisotopic (exact) mass is 345 g/mol. The standard InChI is InChI=1S/C18H20BrNO/c1-12(13-5-3-6-14(11-13)21-2)20-18-10-9-15-16(18)7-4-8-17(15)19/h3-8,11-12,18,20H,9-10H2,1-2H3/t12-,18?/m1/s1. The number of halogens is 1. The van der Waals surface area contributed by atoms with Crippen molar-refractivity contribution in [3.05, 3.63) is 63.6 Å². The molecule has 0 aliphatic heterocycles. The Bertz CT molecular complexity index is 641. The quantitative estimate of drug-likeness (QED) is 0.859. The van der Waals surface area contributed by atoms with Crippen molar-refractivity contribution in [1.29, 1.82) is 0 Å². The normalized spacial score (nSPS) is 18.3. The Morgan fingerprint density at radius 3 is 2.86 bits per heavy atom. The molecule has 2 aromatic rings. The van der Waals surface area contributed by atoms with Crippen molar-refractivity contribution in [2.24, 2.45) is 0 Å². The Balaban J connectivity index is 1.77. The third kappa shape index (κ3) is 2.99. The average molecular weight is 346 g/mol. The summed E-state index contributed by atoms with van der Waals surface area (Å²) in [5.74, 6) is 0.913. The first-order chi connectivity index (χ1) is 10.2. The summed E-state index contributed by atoms with van der Waals surface area (Å²) in [6, 6.07) is 15.5. The van der Waals surface area contributed by atoms with Gasteiger partial charge in [-0.3, -0.25) is 0 Å². The van der Waals surface area contributed by atoms with Crippen LogP contribution < -0.4 is 10.1 Å². The van der Waals surface area contributed by atoms with Gasteiger partial charge in [0, 0.05) is 16.6 Å². The fraction of sp³-hybridized carbons (Fsp3) is 0.333. The highest BCUT2D eigenvalue weighted by Gasteiger charge is 2.25. The highest BCUT2D eigenvalue weighted by molar-refractivity contribution is 9.10. The molecule has 0 fully saturated rings. The SMILES string of the molecule is COc1cccc([C@@H](C)NC2CCc3c(Br)cccc32)c1. The van der Waals surface area contributed by atoms with E-state index in [9.17, 15) is 0 Å². The summed E-state index contributed by atoms with van der Waals surface area (Å²) in [6.07, 6.45) is 2.30. The molecular weight excluding hydrogens is 326 g/mol. The van der Waals surface area contributed by atoms with Crippen LogP contribution >= 0.6 is 15.9 Å². The van der Waals surface area contributed by atoms with E-state index in [-0.39, 0.29) is 0 Å². The summed E-state index contributed by atoms with van der Waals surface area (Å²) < 4.78 is 6.55. The maximum atomic E-state index is 5.31. The van der Waals surface area contributed by atoms with Crippen molar-refractivity contribution in [3.63, 3.8) is 0 Å². The number of ether oxygens (including phenoxy) is 1. The minimum absolute atomic E-state index is 0.301. The van der Waals surface area contributed by atoms with Crippen LogP contribution in [0, 0.1) is 0 Å². The van der Waals surface area contributed by atoms with E-state index >= 15 is 0 Å². The number of fused-ring (bicyclic) bond motifs is 1. The van der Waals surface area contributed by atoms with Gasteiger partial charge in [-0.25, -0.2) is 0 Å². The van der Waals surface area contributed by atoms with Crippen LogP contribution in [0.1, 0.15) is 42.1 Å². The summed E-state index contributed by atoms with van der Waals surface area (Å²) in [4.78, 5) is 0. The minimum Gasteiger partial charge on any atom is -0.497 e. The summed E-state index contributed by atoms with van der Waals surface area (Å²) >= 11 is 3.66. The van der Waals surface area contributed by atoms with Crippen LogP contribution in [-0.2, 0) is 6.42 Å². The molecule has 110 valence electrons. The van der Waals surface area contributed by atoms with Crippen molar-refractivity contribution in [2.75, 3.05) is 7.11 Å². The molecule has 2 nitrogen and oxygen atoms in total. The number of hydrogen-bond acceptors (Lipinski definition) is 2. The largest absolute Gasteiger partial charge is 0.497 e. The fourth-order valence-corrected chi connectivity index (χ4v) is 3.67. The van der Waals surface area contributed by atoms with Crippen LogP contribution in [0.3, 0.4) is 0 Å². The molecule has 2 atom stereocenters. The predicted molar refractivity (Wildman–Crippen MR) is 89.7 cm³/mol. The van der Waals surface area contributed by atoms with E-state index in [1.165, 1.54) is 21.2 Å². The maximum absolute atomic E-state index is 5.31. The second kappa shape index (κ2) is 6.20. The van der Waals surface area contributed by atoms with Gasteiger partial charge >= 0.3 is 0 Å². The molecule has 0 spiro atoms. The Labute approximate surface area is 134 Å². The lowest BCUT2D eigenvalue weighted by Gasteiger charge is -2.21. The van der Waals surface area contributed by atoms with E-state index in [2.05, 4.69) is 58.5 Å². The van der Waals surface area contributed by atoms with Crippen LogP contribution in [0.2, 0.25) is 0 Å². The zero-order valence-electron chi connectivity index (χ0n) is 12.4. The van der Waals surface area contributed by atoms with Gasteiger partial charge in [-0.2, -0.15) is 0 Å². The van der Waals surface area contributed by atoms with Crippen molar-refractivity contribution in [3.8, 4) is 5.75 Å². The lowest BCUT2D eigenvalue weighted by Crippen LogP contribution is -2.23. The molecule has 0 aromatic heterocycles. The molecule has 0 amide bonds. The topological polar surface area (TPSA) is 21.3 Å². The molecule has 0 saturated heterocycles. The summed E-state index contributed by atoms with van der Waals surface area (Å²) in [5.41, 5.74) is 4.14. The molecular formula is C18H20BrNO. The Morgan fingerprint density at radius 1 is 1.24 bits per heavy atom. The zero-order valence-corrected chi connectivity index (χ0v) is 14.0. The van der Waals surface area contributed by atoms with E-state index in [0.29, 0.717) is 12.1 Å². The second-order valence-electron chi connectivity index (χ2n) is 5.56. The van der Waals surface area contributed by atoms with Gasteiger partial charge in [-0.1, -0.05) is 40.2 Å². The summed E-state index contributed by atoms with van der Waals surface area (Å²) in [6.45, 7) is 2.21. The average Bonchev–Trinajstić information content (AvgIpc) is 2.92. The third-order valence-electron chi connectivity index (χ3n) is 4.26. The molecule has 2 aromatic carbocycles. The smallest absolute Gasteiger partial charge is 0.119 e. The van der Waals surface area contributed by atoms with Crippen LogP contribution in [0.4, 0.5) is 0 Å². The molecule has 21 heavy (non-hydrogen) atoms. The van der Waals surface area contributed by atoms with Gasteiger partial charge in [0.2, 0.25) is 0 Å². The molecule has 0 saturated carbocycles. The first kappa shape index (κ1) is 14.6. The molecule has 0 heterocycles. The minimum atomic E-state index is 0.301. The molecule has 1 aliphatic rings. The number of rotatable bonds is 4. The Hall–Kier alpha value is -1.32. The van der Waals surface area contributed by atoms with Gasteiger partial charge in [-0.05, 0) is 54.7 Å². The van der Waals surface area contributed by atoms with E-state index < -0.39 is 0 Å². The molecule has 3 heteroatoms. The first-order valence-corrected chi connectivity index (χ1v) is 8.15. The fourth-order valence-electron chi connectivity index (χ4n) is 3.09. The lowest BCUT2D eigenvalue weighted by molar-refractivity contribution is 0.411. The number of methoxy groups -OCH3 is 1. The summed E-state index contributed by atoms with van der Waals surface area (Å²) in [7, 11) is 1.71. The van der Waals surface area contributed by atoms with E-state index in [4.69, 9.17) is 4.74 Å². The number of hydrogen-bond donors (Lipinski definition) is 1. The van der Waals surface area contributed by atoms with E-state index in [1.807, 2.05) is 12.1 Å². The van der Waals surface area contributed by atoms with E-state index in [1.54, 1.807) is 7.11 Å². The van der Waals surface area contributed by atoms with Crippen molar-refractivity contribution >= 4 is 15.9 Å². The van der Waals surface area contributed by atoms with Crippen molar-refractivity contribution in [1.82, 2.24) is 5.32 Å². The highest BCUT2D eigenvalue weighted by Crippen LogP contribution is 2.37. The molecule has 1 aliphatic carbocycles. The third-order valence-corrected chi connectivity index (χ3v) is 5.00. The molecule has 1 unspecified atom stereocenters. The highest BCUT2D eigenvalue weighted by atomic mass is 79.9. The van der Waals surface area contributed by atoms with Gasteiger partial charge in [0.05, 0.1) is 7.11 Å².